The first-order valence-corrected chi connectivity index (χ1v) is 9.10. The van der Waals surface area contributed by atoms with E-state index in [9.17, 15) is 0 Å². The Hall–Kier alpha value is 0.660. The molecule has 2 aliphatic rings. The Morgan fingerprint density at radius 3 is 1.40 bits per heavy atom. The molecule has 0 bridgehead atoms. The molecule has 4 nitrogen and oxygen atoms in total. The molecule has 3 rings (SSSR count). The van der Waals surface area contributed by atoms with Crippen LogP contribution in [0.5, 0.6) is 11.5 Å². The van der Waals surface area contributed by atoms with E-state index in [-0.39, 0.29) is 12.2 Å². The van der Waals surface area contributed by atoms with Gasteiger partial charge in [-0.2, -0.15) is 0 Å². The van der Waals surface area contributed by atoms with Crippen LogP contribution in [0.25, 0.3) is 0 Å². The summed E-state index contributed by atoms with van der Waals surface area (Å²) in [5.41, 5.74) is 0. The van der Waals surface area contributed by atoms with Crippen molar-refractivity contribution in [1.82, 2.24) is 0 Å². The SMILES string of the molecule is Brc1c(Br)c(Br)c(OCC2CO2)c(OCC2CO2)c1Br. The first-order valence-electron chi connectivity index (χ1n) is 5.92. The van der Waals surface area contributed by atoms with Crippen molar-refractivity contribution in [2.75, 3.05) is 26.4 Å². The van der Waals surface area contributed by atoms with E-state index >= 15 is 0 Å². The van der Waals surface area contributed by atoms with Gasteiger partial charge in [0.1, 0.15) is 25.4 Å². The van der Waals surface area contributed by atoms with E-state index in [2.05, 4.69) is 63.7 Å². The van der Waals surface area contributed by atoms with Crippen LogP contribution in [-0.2, 0) is 9.47 Å². The van der Waals surface area contributed by atoms with Gasteiger partial charge in [-0.3, -0.25) is 0 Å². The molecular formula is C12H10Br4O4. The molecule has 0 N–H and O–H groups in total. The zero-order valence-corrected chi connectivity index (χ0v) is 16.5. The van der Waals surface area contributed by atoms with Gasteiger partial charge in [-0.1, -0.05) is 0 Å². The van der Waals surface area contributed by atoms with Crippen molar-refractivity contribution < 1.29 is 18.9 Å². The highest BCUT2D eigenvalue weighted by Crippen LogP contribution is 2.50. The van der Waals surface area contributed by atoms with Crippen LogP contribution in [0.15, 0.2) is 17.9 Å². The molecule has 1 aromatic rings. The summed E-state index contributed by atoms with van der Waals surface area (Å²) in [6.45, 7) is 2.52. The van der Waals surface area contributed by atoms with Crippen LogP contribution in [0.1, 0.15) is 0 Å². The molecule has 1 aromatic carbocycles. The third-order valence-corrected chi connectivity index (χ3v) is 7.51. The van der Waals surface area contributed by atoms with E-state index < -0.39 is 0 Å². The van der Waals surface area contributed by atoms with E-state index in [1.807, 2.05) is 0 Å². The van der Waals surface area contributed by atoms with E-state index in [0.717, 1.165) is 31.1 Å². The molecule has 2 aliphatic heterocycles. The van der Waals surface area contributed by atoms with Gasteiger partial charge in [0, 0.05) is 0 Å². The number of rotatable bonds is 6. The van der Waals surface area contributed by atoms with Gasteiger partial charge in [-0.15, -0.1) is 0 Å². The number of epoxide rings is 2. The fourth-order valence-electron chi connectivity index (χ4n) is 1.53. The van der Waals surface area contributed by atoms with Crippen molar-refractivity contribution in [2.24, 2.45) is 0 Å². The number of ether oxygens (including phenoxy) is 4. The molecule has 2 heterocycles. The molecule has 110 valence electrons. The molecule has 0 radical (unpaired) electrons. The minimum absolute atomic E-state index is 0.183. The highest BCUT2D eigenvalue weighted by molar-refractivity contribution is 9.15. The normalized spacial score (nSPS) is 23.6. The van der Waals surface area contributed by atoms with Gasteiger partial charge in [0.2, 0.25) is 0 Å². The van der Waals surface area contributed by atoms with Crippen LogP contribution >= 0.6 is 63.7 Å². The second kappa shape index (κ2) is 6.42. The Bertz CT molecular complexity index is 482. The van der Waals surface area contributed by atoms with Gasteiger partial charge in [0.05, 0.1) is 31.1 Å². The minimum atomic E-state index is 0.183. The summed E-state index contributed by atoms with van der Waals surface area (Å²) in [4.78, 5) is 0. The Morgan fingerprint density at radius 2 is 1.10 bits per heavy atom. The average Bonchev–Trinajstić information content (AvgIpc) is 3.31. The maximum Gasteiger partial charge on any atom is 0.177 e. The summed E-state index contributed by atoms with van der Waals surface area (Å²) >= 11 is 14.1. The monoisotopic (exact) mass is 534 g/mol. The second-order valence-corrected chi connectivity index (χ2v) is 7.62. The highest BCUT2D eigenvalue weighted by Gasteiger charge is 2.29. The van der Waals surface area contributed by atoms with Crippen molar-refractivity contribution in [3.05, 3.63) is 17.9 Å². The molecule has 8 heteroatoms. The molecule has 0 amide bonds. The summed E-state index contributed by atoms with van der Waals surface area (Å²) in [7, 11) is 0. The molecule has 20 heavy (non-hydrogen) atoms. The summed E-state index contributed by atoms with van der Waals surface area (Å²) in [5, 5.41) is 0. The lowest BCUT2D eigenvalue weighted by atomic mass is 10.3. The predicted octanol–water partition coefficient (Wildman–Crippen LogP) is 4.29. The number of halogens is 4. The molecule has 2 unspecified atom stereocenters. The first-order chi connectivity index (χ1) is 9.58. The van der Waals surface area contributed by atoms with Gasteiger partial charge in [0.15, 0.2) is 11.5 Å². The number of benzene rings is 1. The van der Waals surface area contributed by atoms with E-state index in [1.165, 1.54) is 0 Å². The van der Waals surface area contributed by atoms with E-state index in [4.69, 9.17) is 18.9 Å². The zero-order chi connectivity index (χ0) is 14.3. The maximum atomic E-state index is 5.84. The van der Waals surface area contributed by atoms with E-state index in [1.54, 1.807) is 0 Å². The van der Waals surface area contributed by atoms with Crippen molar-refractivity contribution in [3.63, 3.8) is 0 Å². The lowest BCUT2D eigenvalue weighted by molar-refractivity contribution is 0.226. The summed E-state index contributed by atoms with van der Waals surface area (Å²) in [6, 6.07) is 0. The molecule has 0 saturated carbocycles. The van der Waals surface area contributed by atoms with Gasteiger partial charge >= 0.3 is 0 Å². The lowest BCUT2D eigenvalue weighted by Crippen LogP contribution is -2.10. The Balaban J connectivity index is 1.88. The molecule has 0 aliphatic carbocycles. The minimum Gasteiger partial charge on any atom is -0.486 e. The van der Waals surface area contributed by atoms with Crippen LogP contribution < -0.4 is 9.47 Å². The fraction of sp³-hybridized carbons (Fsp3) is 0.500. The lowest BCUT2D eigenvalue weighted by Gasteiger charge is -2.17. The van der Waals surface area contributed by atoms with Crippen LogP contribution in [-0.4, -0.2) is 38.6 Å². The maximum absolute atomic E-state index is 5.84. The molecular weight excluding hydrogens is 528 g/mol. The number of hydrogen-bond donors (Lipinski definition) is 0. The average molecular weight is 538 g/mol. The Kier molecular flexibility index (Phi) is 4.99. The third kappa shape index (κ3) is 3.52. The quantitative estimate of drug-likeness (QED) is 0.309. The van der Waals surface area contributed by atoms with Crippen LogP contribution in [0.3, 0.4) is 0 Å². The predicted molar refractivity (Wildman–Crippen MR) is 87.7 cm³/mol. The smallest absolute Gasteiger partial charge is 0.177 e. The van der Waals surface area contributed by atoms with Gasteiger partial charge in [-0.25, -0.2) is 0 Å². The van der Waals surface area contributed by atoms with Gasteiger partial charge < -0.3 is 18.9 Å². The third-order valence-electron chi connectivity index (χ3n) is 2.81. The van der Waals surface area contributed by atoms with Crippen LogP contribution in [0, 0.1) is 0 Å². The van der Waals surface area contributed by atoms with Crippen molar-refractivity contribution in [3.8, 4) is 11.5 Å². The molecule has 2 atom stereocenters. The largest absolute Gasteiger partial charge is 0.486 e. The van der Waals surface area contributed by atoms with Crippen molar-refractivity contribution in [2.45, 2.75) is 12.2 Å². The van der Waals surface area contributed by atoms with E-state index in [0.29, 0.717) is 24.7 Å². The fourth-order valence-corrected chi connectivity index (χ4v) is 3.80. The van der Waals surface area contributed by atoms with Crippen molar-refractivity contribution in [1.29, 1.82) is 0 Å². The topological polar surface area (TPSA) is 43.5 Å². The molecule has 0 spiro atoms. The van der Waals surface area contributed by atoms with Crippen LogP contribution in [0.2, 0.25) is 0 Å². The van der Waals surface area contributed by atoms with Gasteiger partial charge in [0.25, 0.3) is 0 Å². The van der Waals surface area contributed by atoms with Crippen molar-refractivity contribution >= 4 is 63.7 Å². The highest BCUT2D eigenvalue weighted by atomic mass is 79.9. The Labute approximate surface area is 150 Å². The number of hydrogen-bond acceptors (Lipinski definition) is 4. The Morgan fingerprint density at radius 1 is 0.750 bits per heavy atom. The summed E-state index contributed by atoms with van der Waals surface area (Å²) in [5.74, 6) is 1.31. The zero-order valence-electron chi connectivity index (χ0n) is 10.1. The molecule has 2 saturated heterocycles. The standard InChI is InChI=1S/C12H10Br4O4/c13-7-8(14)10(16)12(20-4-6-2-18-6)11(9(7)15)19-3-5-1-17-5/h5-6H,1-4H2. The summed E-state index contributed by atoms with van der Waals surface area (Å²) < 4.78 is 25.4. The molecule has 2 fully saturated rings. The summed E-state index contributed by atoms with van der Waals surface area (Å²) in [6.07, 6.45) is 0.366. The van der Waals surface area contributed by atoms with Gasteiger partial charge in [-0.05, 0) is 63.7 Å². The second-order valence-electron chi connectivity index (χ2n) is 4.45. The van der Waals surface area contributed by atoms with Crippen LogP contribution in [0.4, 0.5) is 0 Å². The first kappa shape index (κ1) is 15.6. The molecule has 0 aromatic heterocycles.